The average Bonchev–Trinajstić information content (AvgIpc) is 2.62. The van der Waals surface area contributed by atoms with Gasteiger partial charge in [0, 0.05) is 6.61 Å². The Labute approximate surface area is 85.6 Å². The normalized spacial score (nSPS) is 56.1. The van der Waals surface area contributed by atoms with Crippen LogP contribution < -0.4 is 0 Å². The van der Waals surface area contributed by atoms with E-state index < -0.39 is 0 Å². The number of hydrogen-bond acceptors (Lipinski definition) is 2. The van der Waals surface area contributed by atoms with Gasteiger partial charge in [-0.15, -0.1) is 0 Å². The zero-order chi connectivity index (χ0) is 9.71. The average molecular weight is 196 g/mol. The molecule has 1 saturated heterocycles. The van der Waals surface area contributed by atoms with Gasteiger partial charge in [0.25, 0.3) is 0 Å². The van der Waals surface area contributed by atoms with E-state index in [4.69, 9.17) is 4.74 Å². The van der Waals surface area contributed by atoms with E-state index in [-0.39, 0.29) is 0 Å². The third-order valence-corrected chi connectivity index (χ3v) is 5.04. The highest BCUT2D eigenvalue weighted by molar-refractivity contribution is 5.00. The van der Waals surface area contributed by atoms with E-state index in [0.717, 1.165) is 24.4 Å². The maximum atomic E-state index is 9.40. The third-order valence-electron chi connectivity index (χ3n) is 5.04. The van der Waals surface area contributed by atoms with Crippen LogP contribution in [0.15, 0.2) is 0 Å². The molecule has 1 N–H and O–H groups in total. The second-order valence-electron chi connectivity index (χ2n) is 5.49. The molecular formula is C12H20O2. The Morgan fingerprint density at radius 1 is 1.36 bits per heavy atom. The van der Waals surface area contributed by atoms with Gasteiger partial charge in [0.15, 0.2) is 0 Å². The molecule has 2 heteroatoms. The molecule has 6 atom stereocenters. The molecule has 0 amide bonds. The van der Waals surface area contributed by atoms with Crippen LogP contribution in [0.2, 0.25) is 0 Å². The Balaban J connectivity index is 1.89. The maximum absolute atomic E-state index is 9.40. The van der Waals surface area contributed by atoms with Crippen molar-refractivity contribution < 1.29 is 9.84 Å². The Morgan fingerprint density at radius 2 is 2.21 bits per heavy atom. The van der Waals surface area contributed by atoms with Gasteiger partial charge in [-0.2, -0.15) is 0 Å². The molecule has 0 spiro atoms. The van der Waals surface area contributed by atoms with E-state index in [2.05, 4.69) is 6.92 Å². The Kier molecular flexibility index (Phi) is 2.10. The van der Waals surface area contributed by atoms with Crippen molar-refractivity contribution >= 4 is 0 Å². The Morgan fingerprint density at radius 3 is 3.00 bits per heavy atom. The minimum atomic E-state index is 0.375. The van der Waals surface area contributed by atoms with Crippen molar-refractivity contribution in [2.45, 2.75) is 32.3 Å². The molecule has 0 aromatic carbocycles. The molecule has 3 fully saturated rings. The van der Waals surface area contributed by atoms with Crippen molar-refractivity contribution in [1.82, 2.24) is 0 Å². The summed E-state index contributed by atoms with van der Waals surface area (Å²) < 4.78 is 5.88. The molecule has 3 aliphatic rings. The van der Waals surface area contributed by atoms with Gasteiger partial charge in [0.2, 0.25) is 0 Å². The summed E-state index contributed by atoms with van der Waals surface area (Å²) in [5.74, 6) is 3.66. The van der Waals surface area contributed by atoms with E-state index in [0.29, 0.717) is 24.5 Å². The van der Waals surface area contributed by atoms with E-state index in [1.165, 1.54) is 19.3 Å². The van der Waals surface area contributed by atoms with Crippen LogP contribution in [0.1, 0.15) is 26.2 Å². The minimum absolute atomic E-state index is 0.375. The number of ether oxygens (including phenoxy) is 1. The monoisotopic (exact) mass is 196 g/mol. The summed E-state index contributed by atoms with van der Waals surface area (Å²) in [6.07, 6.45) is 4.37. The highest BCUT2D eigenvalue weighted by Crippen LogP contribution is 2.53. The first-order chi connectivity index (χ1) is 6.81. The van der Waals surface area contributed by atoms with Gasteiger partial charge in [-0.3, -0.25) is 0 Å². The maximum Gasteiger partial charge on any atom is 0.0609 e. The van der Waals surface area contributed by atoms with Crippen LogP contribution in [0, 0.1) is 29.6 Å². The van der Waals surface area contributed by atoms with Crippen LogP contribution in [0.3, 0.4) is 0 Å². The van der Waals surface area contributed by atoms with Gasteiger partial charge < -0.3 is 9.84 Å². The van der Waals surface area contributed by atoms with Gasteiger partial charge in [-0.25, -0.2) is 0 Å². The van der Waals surface area contributed by atoms with Crippen LogP contribution in [-0.4, -0.2) is 24.4 Å². The number of aliphatic hydroxyl groups is 1. The second-order valence-corrected chi connectivity index (χ2v) is 5.49. The predicted molar refractivity (Wildman–Crippen MR) is 53.8 cm³/mol. The van der Waals surface area contributed by atoms with Crippen molar-refractivity contribution in [2.75, 3.05) is 13.2 Å². The van der Waals surface area contributed by atoms with Crippen molar-refractivity contribution in [3.05, 3.63) is 0 Å². The van der Waals surface area contributed by atoms with Crippen molar-refractivity contribution in [3.8, 4) is 0 Å². The number of fused-ring (bicyclic) bond motifs is 1. The first kappa shape index (κ1) is 9.17. The molecule has 0 unspecified atom stereocenters. The Hall–Kier alpha value is -0.0800. The van der Waals surface area contributed by atoms with Crippen molar-refractivity contribution in [2.24, 2.45) is 29.6 Å². The van der Waals surface area contributed by atoms with Gasteiger partial charge in [0.1, 0.15) is 0 Å². The lowest BCUT2D eigenvalue weighted by Gasteiger charge is -2.47. The molecule has 0 aromatic rings. The molecule has 2 nitrogen and oxygen atoms in total. The summed E-state index contributed by atoms with van der Waals surface area (Å²) in [5, 5.41) is 9.40. The summed E-state index contributed by atoms with van der Waals surface area (Å²) >= 11 is 0. The van der Waals surface area contributed by atoms with Gasteiger partial charge in [0.05, 0.1) is 12.7 Å². The quantitative estimate of drug-likeness (QED) is 0.691. The molecular weight excluding hydrogens is 176 g/mol. The van der Waals surface area contributed by atoms with E-state index >= 15 is 0 Å². The second kappa shape index (κ2) is 3.21. The highest BCUT2D eigenvalue weighted by Gasteiger charge is 2.52. The van der Waals surface area contributed by atoms with Gasteiger partial charge in [-0.1, -0.05) is 6.92 Å². The fourth-order valence-electron chi connectivity index (χ4n) is 4.25. The molecule has 1 aliphatic heterocycles. The summed E-state index contributed by atoms with van der Waals surface area (Å²) in [7, 11) is 0. The summed E-state index contributed by atoms with van der Waals surface area (Å²) in [4.78, 5) is 0. The minimum Gasteiger partial charge on any atom is -0.396 e. The fraction of sp³-hybridized carbons (Fsp3) is 1.00. The fourth-order valence-corrected chi connectivity index (χ4v) is 4.25. The third kappa shape index (κ3) is 1.10. The molecule has 2 aliphatic carbocycles. The zero-order valence-electron chi connectivity index (χ0n) is 8.86. The van der Waals surface area contributed by atoms with Crippen molar-refractivity contribution in [1.29, 1.82) is 0 Å². The van der Waals surface area contributed by atoms with Crippen LogP contribution in [0.5, 0.6) is 0 Å². The Bertz CT molecular complexity index is 228. The largest absolute Gasteiger partial charge is 0.396 e. The number of hydrogen-bond donors (Lipinski definition) is 1. The molecule has 0 aromatic heterocycles. The van der Waals surface area contributed by atoms with Gasteiger partial charge in [-0.05, 0) is 48.9 Å². The van der Waals surface area contributed by atoms with Crippen LogP contribution in [0.4, 0.5) is 0 Å². The summed E-state index contributed by atoms with van der Waals surface area (Å²) in [5.41, 5.74) is 0. The van der Waals surface area contributed by atoms with E-state index in [1.807, 2.05) is 0 Å². The smallest absolute Gasteiger partial charge is 0.0609 e. The summed E-state index contributed by atoms with van der Waals surface area (Å²) in [6.45, 7) is 3.69. The van der Waals surface area contributed by atoms with E-state index in [9.17, 15) is 5.11 Å². The number of aliphatic hydroxyl groups excluding tert-OH is 1. The topological polar surface area (TPSA) is 29.5 Å². The number of rotatable bonds is 1. The van der Waals surface area contributed by atoms with Crippen LogP contribution >= 0.6 is 0 Å². The van der Waals surface area contributed by atoms with Gasteiger partial charge >= 0.3 is 0 Å². The molecule has 3 rings (SSSR count). The summed E-state index contributed by atoms with van der Waals surface area (Å²) in [6, 6.07) is 0. The molecule has 14 heavy (non-hydrogen) atoms. The molecule has 2 saturated carbocycles. The lowest BCUT2D eigenvalue weighted by atomic mass is 9.57. The molecule has 0 radical (unpaired) electrons. The first-order valence-electron chi connectivity index (χ1n) is 6.03. The standard InChI is InChI=1S/C12H20O2/c1-7-8-2-3-11-12(7)10(6-14-11)9(4-8)5-13/h7-13H,2-6H2,1H3/t7-,8-,9+,10+,11-,12-/m0/s1. The van der Waals surface area contributed by atoms with Crippen molar-refractivity contribution in [3.63, 3.8) is 0 Å². The predicted octanol–water partition coefficient (Wildman–Crippen LogP) is 1.68. The lowest BCUT2D eigenvalue weighted by Crippen LogP contribution is -2.45. The zero-order valence-corrected chi connectivity index (χ0v) is 8.86. The first-order valence-corrected chi connectivity index (χ1v) is 6.03. The van der Waals surface area contributed by atoms with Crippen LogP contribution in [-0.2, 0) is 4.74 Å². The molecule has 2 bridgehead atoms. The van der Waals surface area contributed by atoms with E-state index in [1.54, 1.807) is 0 Å². The molecule has 1 heterocycles. The molecule has 80 valence electrons. The SMILES string of the molecule is C[C@H]1[C@H]2CC[C@@H]3OC[C@H]([C@@H](CO)C2)[C@H]13. The van der Waals surface area contributed by atoms with Crippen LogP contribution in [0.25, 0.3) is 0 Å². The highest BCUT2D eigenvalue weighted by atomic mass is 16.5. The lowest BCUT2D eigenvalue weighted by molar-refractivity contribution is -0.0181.